The van der Waals surface area contributed by atoms with Gasteiger partial charge in [0.2, 0.25) is 0 Å². The van der Waals surface area contributed by atoms with E-state index in [0.717, 1.165) is 19.7 Å². The Morgan fingerprint density at radius 1 is 1.38 bits per heavy atom. The molecule has 0 saturated carbocycles. The summed E-state index contributed by atoms with van der Waals surface area (Å²) in [6.07, 6.45) is 1.59. The number of hydrogen-bond donors (Lipinski definition) is 1. The molecule has 1 aliphatic heterocycles. The molecule has 0 aliphatic carbocycles. The highest BCUT2D eigenvalue weighted by Gasteiger charge is 2.21. The van der Waals surface area contributed by atoms with E-state index in [4.69, 9.17) is 4.74 Å². The fourth-order valence-corrected chi connectivity index (χ4v) is 2.15. The summed E-state index contributed by atoms with van der Waals surface area (Å²) in [5.74, 6) is 0.672. The Morgan fingerprint density at radius 2 is 2.19 bits per heavy atom. The second-order valence-electron chi connectivity index (χ2n) is 4.75. The number of aryl methyl sites for hydroxylation is 1. The van der Waals surface area contributed by atoms with Crippen LogP contribution in [-0.2, 0) is 11.3 Å². The summed E-state index contributed by atoms with van der Waals surface area (Å²) in [5, 5.41) is 3.39. The zero-order chi connectivity index (χ0) is 11.4. The lowest BCUT2D eigenvalue weighted by Crippen LogP contribution is -2.40. The van der Waals surface area contributed by atoms with Gasteiger partial charge in [-0.25, -0.2) is 0 Å². The molecule has 0 spiro atoms. The Morgan fingerprint density at radius 3 is 2.94 bits per heavy atom. The quantitative estimate of drug-likeness (QED) is 0.843. The van der Waals surface area contributed by atoms with Gasteiger partial charge in [0, 0.05) is 6.54 Å². The molecular formula is C14H21NO. The van der Waals surface area contributed by atoms with E-state index >= 15 is 0 Å². The SMILES string of the molecule is Cc1ccccc1COC1CNCCC1C. The Bertz CT molecular complexity index is 337. The van der Waals surface area contributed by atoms with E-state index in [2.05, 4.69) is 43.4 Å². The van der Waals surface area contributed by atoms with E-state index in [1.165, 1.54) is 17.5 Å². The Labute approximate surface area is 98.0 Å². The first-order chi connectivity index (χ1) is 7.77. The van der Waals surface area contributed by atoms with Crippen LogP contribution in [0.25, 0.3) is 0 Å². The van der Waals surface area contributed by atoms with Crippen LogP contribution in [-0.4, -0.2) is 19.2 Å². The van der Waals surface area contributed by atoms with Crippen LogP contribution in [0.2, 0.25) is 0 Å². The Balaban J connectivity index is 1.89. The molecule has 1 saturated heterocycles. The molecule has 2 atom stereocenters. The second kappa shape index (κ2) is 5.46. The molecule has 16 heavy (non-hydrogen) atoms. The monoisotopic (exact) mass is 219 g/mol. The molecule has 1 aromatic rings. The van der Waals surface area contributed by atoms with Crippen molar-refractivity contribution in [3.05, 3.63) is 35.4 Å². The summed E-state index contributed by atoms with van der Waals surface area (Å²) < 4.78 is 6.00. The summed E-state index contributed by atoms with van der Waals surface area (Å²) in [6, 6.07) is 8.44. The van der Waals surface area contributed by atoms with Gasteiger partial charge in [0.15, 0.2) is 0 Å². The van der Waals surface area contributed by atoms with Crippen molar-refractivity contribution >= 4 is 0 Å². The van der Waals surface area contributed by atoms with Gasteiger partial charge in [0.25, 0.3) is 0 Å². The number of rotatable bonds is 3. The van der Waals surface area contributed by atoms with E-state index < -0.39 is 0 Å². The molecule has 2 unspecified atom stereocenters. The van der Waals surface area contributed by atoms with Crippen LogP contribution in [0.15, 0.2) is 24.3 Å². The van der Waals surface area contributed by atoms with Crippen molar-refractivity contribution < 1.29 is 4.74 Å². The van der Waals surface area contributed by atoms with Crippen molar-refractivity contribution in [2.24, 2.45) is 5.92 Å². The maximum absolute atomic E-state index is 6.00. The van der Waals surface area contributed by atoms with Gasteiger partial charge in [0.05, 0.1) is 12.7 Å². The van der Waals surface area contributed by atoms with Gasteiger partial charge in [-0.2, -0.15) is 0 Å². The van der Waals surface area contributed by atoms with Crippen LogP contribution in [0.1, 0.15) is 24.5 Å². The minimum Gasteiger partial charge on any atom is -0.372 e. The summed E-state index contributed by atoms with van der Waals surface area (Å²) >= 11 is 0. The van der Waals surface area contributed by atoms with Crippen LogP contribution >= 0.6 is 0 Å². The molecule has 1 aliphatic rings. The van der Waals surface area contributed by atoms with E-state index in [1.807, 2.05) is 0 Å². The van der Waals surface area contributed by atoms with Gasteiger partial charge in [-0.15, -0.1) is 0 Å². The van der Waals surface area contributed by atoms with Crippen molar-refractivity contribution in [1.29, 1.82) is 0 Å². The molecule has 2 nitrogen and oxygen atoms in total. The molecule has 2 rings (SSSR count). The molecule has 1 N–H and O–H groups in total. The fourth-order valence-electron chi connectivity index (χ4n) is 2.15. The van der Waals surface area contributed by atoms with Crippen molar-refractivity contribution in [2.75, 3.05) is 13.1 Å². The minimum atomic E-state index is 0.369. The molecule has 0 bridgehead atoms. The third kappa shape index (κ3) is 2.83. The highest BCUT2D eigenvalue weighted by atomic mass is 16.5. The average molecular weight is 219 g/mol. The Hall–Kier alpha value is -0.860. The van der Waals surface area contributed by atoms with Crippen molar-refractivity contribution in [1.82, 2.24) is 5.32 Å². The van der Waals surface area contributed by atoms with Gasteiger partial charge in [0.1, 0.15) is 0 Å². The first-order valence-corrected chi connectivity index (χ1v) is 6.14. The fraction of sp³-hybridized carbons (Fsp3) is 0.571. The average Bonchev–Trinajstić information content (AvgIpc) is 2.30. The molecule has 1 fully saturated rings. The Kier molecular flexibility index (Phi) is 3.97. The van der Waals surface area contributed by atoms with Crippen LogP contribution in [0, 0.1) is 12.8 Å². The number of hydrogen-bond acceptors (Lipinski definition) is 2. The second-order valence-corrected chi connectivity index (χ2v) is 4.75. The van der Waals surface area contributed by atoms with Gasteiger partial charge < -0.3 is 10.1 Å². The van der Waals surface area contributed by atoms with Gasteiger partial charge in [-0.1, -0.05) is 31.2 Å². The lowest BCUT2D eigenvalue weighted by Gasteiger charge is -2.29. The first kappa shape index (κ1) is 11.6. The van der Waals surface area contributed by atoms with Crippen LogP contribution in [0.3, 0.4) is 0 Å². The zero-order valence-corrected chi connectivity index (χ0v) is 10.2. The summed E-state index contributed by atoms with van der Waals surface area (Å²) in [6.45, 7) is 7.28. The minimum absolute atomic E-state index is 0.369. The topological polar surface area (TPSA) is 21.3 Å². The van der Waals surface area contributed by atoms with Gasteiger partial charge in [-0.05, 0) is 36.9 Å². The standard InChI is InChI=1S/C14H21NO/c1-11-5-3-4-6-13(11)10-16-14-9-15-8-7-12(14)2/h3-6,12,14-15H,7-10H2,1-2H3. The summed E-state index contributed by atoms with van der Waals surface area (Å²) in [4.78, 5) is 0. The van der Waals surface area contributed by atoms with Crippen LogP contribution < -0.4 is 5.32 Å². The van der Waals surface area contributed by atoms with Crippen molar-refractivity contribution in [3.63, 3.8) is 0 Å². The van der Waals surface area contributed by atoms with E-state index in [1.54, 1.807) is 0 Å². The summed E-state index contributed by atoms with van der Waals surface area (Å²) in [7, 11) is 0. The highest BCUT2D eigenvalue weighted by Crippen LogP contribution is 2.17. The number of benzene rings is 1. The lowest BCUT2D eigenvalue weighted by molar-refractivity contribution is -0.00676. The normalized spacial score (nSPS) is 25.6. The third-order valence-electron chi connectivity index (χ3n) is 3.47. The molecular weight excluding hydrogens is 198 g/mol. The number of ether oxygens (including phenoxy) is 1. The van der Waals surface area contributed by atoms with Gasteiger partial charge in [-0.3, -0.25) is 0 Å². The van der Waals surface area contributed by atoms with Crippen molar-refractivity contribution in [2.45, 2.75) is 33.0 Å². The van der Waals surface area contributed by atoms with E-state index in [-0.39, 0.29) is 0 Å². The third-order valence-corrected chi connectivity index (χ3v) is 3.47. The molecule has 0 aromatic heterocycles. The summed E-state index contributed by atoms with van der Waals surface area (Å²) in [5.41, 5.74) is 2.62. The molecule has 2 heteroatoms. The maximum Gasteiger partial charge on any atom is 0.0729 e. The predicted octanol–water partition coefficient (Wildman–Crippen LogP) is 2.51. The number of piperidine rings is 1. The van der Waals surface area contributed by atoms with E-state index in [0.29, 0.717) is 12.0 Å². The van der Waals surface area contributed by atoms with E-state index in [9.17, 15) is 0 Å². The first-order valence-electron chi connectivity index (χ1n) is 6.14. The van der Waals surface area contributed by atoms with Crippen LogP contribution in [0.5, 0.6) is 0 Å². The lowest BCUT2D eigenvalue weighted by atomic mass is 9.97. The zero-order valence-electron chi connectivity index (χ0n) is 10.2. The molecule has 1 aromatic carbocycles. The van der Waals surface area contributed by atoms with Crippen LogP contribution in [0.4, 0.5) is 0 Å². The van der Waals surface area contributed by atoms with Crippen molar-refractivity contribution in [3.8, 4) is 0 Å². The number of nitrogens with one attached hydrogen (secondary N) is 1. The maximum atomic E-state index is 6.00. The highest BCUT2D eigenvalue weighted by molar-refractivity contribution is 5.24. The van der Waals surface area contributed by atoms with Gasteiger partial charge >= 0.3 is 0 Å². The predicted molar refractivity (Wildman–Crippen MR) is 66.4 cm³/mol. The smallest absolute Gasteiger partial charge is 0.0729 e. The largest absolute Gasteiger partial charge is 0.372 e. The molecule has 0 radical (unpaired) electrons. The molecule has 1 heterocycles. The molecule has 0 amide bonds. The molecule has 88 valence electrons.